The Morgan fingerprint density at radius 3 is 2.60 bits per heavy atom. The van der Waals surface area contributed by atoms with Crippen molar-refractivity contribution in [1.82, 2.24) is 20.1 Å². The minimum Gasteiger partial charge on any atom is -0.449 e. The average molecular weight is 400 g/mol. The van der Waals surface area contributed by atoms with E-state index in [0.717, 1.165) is 36.2 Å². The van der Waals surface area contributed by atoms with Crippen LogP contribution in [0.4, 0.5) is 0 Å². The van der Waals surface area contributed by atoms with E-state index in [1.54, 1.807) is 17.1 Å². The first-order chi connectivity index (χ1) is 14.6. The zero-order chi connectivity index (χ0) is 20.3. The number of aromatic nitrogens is 3. The van der Waals surface area contributed by atoms with E-state index >= 15 is 0 Å². The third-order valence-corrected chi connectivity index (χ3v) is 6.64. The Kier molecular flexibility index (Phi) is 3.56. The minimum atomic E-state index is -0.660. The Morgan fingerprint density at radius 1 is 1.10 bits per heavy atom. The Bertz CT molecular complexity index is 1160. The van der Waals surface area contributed by atoms with E-state index in [-0.39, 0.29) is 11.5 Å². The number of pyridine rings is 1. The third kappa shape index (κ3) is 2.35. The molecule has 2 fully saturated rings. The second-order valence-electron chi connectivity index (χ2n) is 8.30. The van der Waals surface area contributed by atoms with Gasteiger partial charge in [-0.1, -0.05) is 12.1 Å². The Morgan fingerprint density at radius 2 is 1.93 bits per heavy atom. The van der Waals surface area contributed by atoms with Crippen molar-refractivity contribution in [1.29, 1.82) is 0 Å². The number of hydrogen-bond acceptors (Lipinski definition) is 6. The van der Waals surface area contributed by atoms with Gasteiger partial charge in [0.25, 0.3) is 0 Å². The monoisotopic (exact) mass is 400 g/mol. The third-order valence-electron chi connectivity index (χ3n) is 6.64. The number of esters is 1. The molecule has 30 heavy (non-hydrogen) atoms. The fourth-order valence-electron chi connectivity index (χ4n) is 4.84. The molecule has 0 radical (unpaired) electrons. The fraction of sp³-hybridized carbons (Fsp3) is 0.304. The molecule has 0 amide bonds. The molecule has 7 nitrogen and oxygen atoms in total. The fourth-order valence-corrected chi connectivity index (χ4v) is 4.84. The molecule has 1 unspecified atom stereocenters. The Balaban J connectivity index is 1.38. The van der Waals surface area contributed by atoms with Crippen molar-refractivity contribution < 1.29 is 14.3 Å². The number of nitrogens with zero attached hydrogens (tertiary/aromatic N) is 3. The van der Waals surface area contributed by atoms with Crippen LogP contribution < -0.4 is 5.32 Å². The molecule has 1 aliphatic carbocycles. The quantitative estimate of drug-likeness (QED) is 0.535. The second-order valence-corrected chi connectivity index (χ2v) is 8.30. The highest BCUT2D eigenvalue weighted by atomic mass is 16.6. The van der Waals surface area contributed by atoms with Gasteiger partial charge in [-0.05, 0) is 49.2 Å². The normalized spacial score (nSPS) is 23.4. The van der Waals surface area contributed by atoms with E-state index in [2.05, 4.69) is 15.4 Å². The number of fused-ring (bicyclic) bond motifs is 2. The second kappa shape index (κ2) is 6.09. The maximum Gasteiger partial charge on any atom is 0.341 e. The van der Waals surface area contributed by atoms with Gasteiger partial charge < -0.3 is 10.1 Å². The predicted molar refractivity (Wildman–Crippen MR) is 108 cm³/mol. The van der Waals surface area contributed by atoms with Gasteiger partial charge in [-0.15, -0.1) is 0 Å². The first-order valence-corrected chi connectivity index (χ1v) is 10.2. The van der Waals surface area contributed by atoms with Gasteiger partial charge in [0.05, 0.1) is 16.7 Å². The molecule has 1 spiro atoms. The largest absolute Gasteiger partial charge is 0.449 e. The molecular weight excluding hydrogens is 380 g/mol. The minimum absolute atomic E-state index is 0.0915. The molecule has 1 saturated carbocycles. The summed E-state index contributed by atoms with van der Waals surface area (Å²) in [5.74, 6) is -0.527. The summed E-state index contributed by atoms with van der Waals surface area (Å²) in [4.78, 5) is 30.8. The van der Waals surface area contributed by atoms with Crippen LogP contribution in [0.2, 0.25) is 0 Å². The first kappa shape index (κ1) is 17.5. The van der Waals surface area contributed by atoms with Crippen LogP contribution in [0.3, 0.4) is 0 Å². The van der Waals surface area contributed by atoms with E-state index in [9.17, 15) is 9.59 Å². The lowest BCUT2D eigenvalue weighted by molar-refractivity contribution is 0.00158. The van der Waals surface area contributed by atoms with Crippen LogP contribution in [0.5, 0.6) is 0 Å². The zero-order valence-electron chi connectivity index (χ0n) is 16.3. The van der Waals surface area contributed by atoms with Gasteiger partial charge in [0.1, 0.15) is 5.69 Å². The van der Waals surface area contributed by atoms with Crippen molar-refractivity contribution >= 4 is 11.8 Å². The number of carbonyl (C=O) groups excluding carboxylic acids is 2. The van der Waals surface area contributed by atoms with Crippen molar-refractivity contribution in [2.75, 3.05) is 13.1 Å². The van der Waals surface area contributed by atoms with Gasteiger partial charge in [0.2, 0.25) is 0 Å². The van der Waals surface area contributed by atoms with E-state index in [1.165, 1.54) is 0 Å². The van der Waals surface area contributed by atoms with Gasteiger partial charge in [0, 0.05) is 37.1 Å². The number of hydrogen-bond donors (Lipinski definition) is 1. The van der Waals surface area contributed by atoms with Gasteiger partial charge in [-0.3, -0.25) is 9.78 Å². The average Bonchev–Trinajstić information content (AvgIpc) is 3.10. The number of carbonyl (C=O) groups is 2. The van der Waals surface area contributed by atoms with Crippen LogP contribution in [0.1, 0.15) is 51.2 Å². The van der Waals surface area contributed by atoms with Crippen LogP contribution in [0, 0.1) is 0 Å². The molecule has 1 atom stereocenters. The molecule has 2 aliphatic heterocycles. The van der Waals surface area contributed by atoms with Crippen molar-refractivity contribution in [2.45, 2.75) is 30.3 Å². The van der Waals surface area contributed by atoms with Gasteiger partial charge in [0.15, 0.2) is 11.4 Å². The Hall–Kier alpha value is -3.32. The molecular formula is C23H20N4O3. The highest BCUT2D eigenvalue weighted by Gasteiger charge is 2.55. The smallest absolute Gasteiger partial charge is 0.341 e. The van der Waals surface area contributed by atoms with E-state index in [0.29, 0.717) is 18.5 Å². The van der Waals surface area contributed by atoms with Crippen molar-refractivity contribution in [3.8, 4) is 5.69 Å². The summed E-state index contributed by atoms with van der Waals surface area (Å²) in [7, 11) is 0. The molecule has 3 aromatic rings. The molecule has 2 aromatic heterocycles. The van der Waals surface area contributed by atoms with Gasteiger partial charge in [-0.25, -0.2) is 9.48 Å². The molecule has 150 valence electrons. The molecule has 6 rings (SSSR count). The summed E-state index contributed by atoms with van der Waals surface area (Å²) in [5.41, 5.74) is 2.00. The lowest BCUT2D eigenvalue weighted by Crippen LogP contribution is -2.29. The topological polar surface area (TPSA) is 86.1 Å². The molecule has 1 aromatic carbocycles. The summed E-state index contributed by atoms with van der Waals surface area (Å²) >= 11 is 0. The number of ether oxygens (including phenoxy) is 1. The molecule has 7 heteroatoms. The lowest BCUT2D eigenvalue weighted by Gasteiger charge is -2.21. The highest BCUT2D eigenvalue weighted by molar-refractivity contribution is 6.12. The van der Waals surface area contributed by atoms with E-state index in [1.807, 2.05) is 42.6 Å². The molecule has 1 N–H and O–H groups in total. The number of rotatable bonds is 4. The van der Waals surface area contributed by atoms with Crippen molar-refractivity contribution in [3.63, 3.8) is 0 Å². The molecule has 0 bridgehead atoms. The van der Waals surface area contributed by atoms with Gasteiger partial charge in [-0.2, -0.15) is 5.10 Å². The van der Waals surface area contributed by atoms with Crippen LogP contribution in [0.15, 0.2) is 55.0 Å². The summed E-state index contributed by atoms with van der Waals surface area (Å²) in [6, 6.07) is 11.6. The number of benzene rings is 1. The highest BCUT2D eigenvalue weighted by Crippen LogP contribution is 2.52. The van der Waals surface area contributed by atoms with Crippen molar-refractivity contribution in [2.24, 2.45) is 0 Å². The van der Waals surface area contributed by atoms with Crippen LogP contribution >= 0.6 is 0 Å². The zero-order valence-corrected chi connectivity index (χ0v) is 16.3. The summed E-state index contributed by atoms with van der Waals surface area (Å²) < 4.78 is 7.54. The molecule has 4 heterocycles. The van der Waals surface area contributed by atoms with Crippen molar-refractivity contribution in [3.05, 3.63) is 77.4 Å². The SMILES string of the molecule is O=C1OC2(CCNC2)c2ccnc(C(=O)C3(c4ccc(-n5cccn5)cc4)CC3)c21. The first-order valence-electron chi connectivity index (χ1n) is 10.2. The summed E-state index contributed by atoms with van der Waals surface area (Å²) in [6.45, 7) is 1.36. The van der Waals surface area contributed by atoms with Crippen LogP contribution in [-0.2, 0) is 15.8 Å². The predicted octanol–water partition coefficient (Wildman–Crippen LogP) is 2.54. The number of ketones is 1. The van der Waals surface area contributed by atoms with Crippen LogP contribution in [0.25, 0.3) is 5.69 Å². The summed E-state index contributed by atoms with van der Waals surface area (Å²) in [6.07, 6.45) is 7.45. The number of nitrogens with one attached hydrogen (secondary N) is 1. The van der Waals surface area contributed by atoms with Crippen LogP contribution in [-0.4, -0.2) is 39.6 Å². The van der Waals surface area contributed by atoms with E-state index in [4.69, 9.17) is 4.74 Å². The lowest BCUT2D eigenvalue weighted by atomic mass is 9.85. The summed E-state index contributed by atoms with van der Waals surface area (Å²) in [5, 5.41) is 7.50. The molecule has 3 aliphatic rings. The maximum absolute atomic E-state index is 13.6. The van der Waals surface area contributed by atoms with Gasteiger partial charge >= 0.3 is 5.97 Å². The standard InChI is InChI=1S/C23H20N4O3/c28-20(19-18-17(6-11-25-19)23(30-21(18)29)9-12-24-14-23)22(7-8-22)15-2-4-16(5-3-15)27-13-1-10-26-27/h1-6,10-11,13,24H,7-9,12,14H2. The molecule has 1 saturated heterocycles. The van der Waals surface area contributed by atoms with E-state index < -0.39 is 17.0 Å². The Labute approximate surface area is 173 Å². The maximum atomic E-state index is 13.6. The number of Topliss-reactive ketones (excluding diaryl/α,β-unsaturated/α-hetero) is 1.